The summed E-state index contributed by atoms with van der Waals surface area (Å²) in [7, 11) is 0. The van der Waals surface area contributed by atoms with Gasteiger partial charge in [0.25, 0.3) is 0 Å². The van der Waals surface area contributed by atoms with Gasteiger partial charge in [-0.2, -0.15) is 0 Å². The van der Waals surface area contributed by atoms with Crippen molar-refractivity contribution in [2.75, 3.05) is 32.7 Å². The molecule has 124 valence electrons. The molecule has 2 saturated heterocycles. The summed E-state index contributed by atoms with van der Waals surface area (Å²) >= 11 is 0. The van der Waals surface area contributed by atoms with Gasteiger partial charge in [0.15, 0.2) is 0 Å². The SMILES string of the molecule is CCC1CCCCCN1C1(CN)CCN(CC(C)C)CC1. The van der Waals surface area contributed by atoms with E-state index in [1.54, 1.807) is 0 Å². The van der Waals surface area contributed by atoms with E-state index in [9.17, 15) is 0 Å². The Labute approximate surface area is 132 Å². The van der Waals surface area contributed by atoms with Gasteiger partial charge in [-0.1, -0.05) is 33.6 Å². The topological polar surface area (TPSA) is 32.5 Å². The van der Waals surface area contributed by atoms with Crippen LogP contribution in [0.25, 0.3) is 0 Å². The fourth-order valence-electron chi connectivity index (χ4n) is 4.50. The molecule has 0 saturated carbocycles. The highest BCUT2D eigenvalue weighted by molar-refractivity contribution is 4.99. The van der Waals surface area contributed by atoms with Gasteiger partial charge in [-0.25, -0.2) is 0 Å². The number of likely N-dealkylation sites (tertiary alicyclic amines) is 2. The lowest BCUT2D eigenvalue weighted by atomic mass is 9.83. The van der Waals surface area contributed by atoms with Crippen LogP contribution in [0.3, 0.4) is 0 Å². The zero-order chi connectivity index (χ0) is 15.3. The molecule has 2 aliphatic heterocycles. The third-order valence-electron chi connectivity index (χ3n) is 5.75. The Morgan fingerprint density at radius 2 is 1.81 bits per heavy atom. The van der Waals surface area contributed by atoms with E-state index in [0.29, 0.717) is 5.54 Å². The van der Waals surface area contributed by atoms with Crippen molar-refractivity contribution >= 4 is 0 Å². The number of nitrogens with zero attached hydrogens (tertiary/aromatic N) is 2. The minimum atomic E-state index is 0.290. The first-order valence-electron chi connectivity index (χ1n) is 9.30. The second-order valence-electron chi connectivity index (χ2n) is 7.73. The summed E-state index contributed by atoms with van der Waals surface area (Å²) in [5.41, 5.74) is 6.61. The van der Waals surface area contributed by atoms with Gasteiger partial charge in [0, 0.05) is 24.7 Å². The zero-order valence-electron chi connectivity index (χ0n) is 14.6. The molecule has 1 unspecified atom stereocenters. The first kappa shape index (κ1) is 17.2. The summed E-state index contributed by atoms with van der Waals surface area (Å²) in [4.78, 5) is 5.49. The quantitative estimate of drug-likeness (QED) is 0.846. The van der Waals surface area contributed by atoms with Gasteiger partial charge in [-0.05, 0) is 57.7 Å². The molecule has 0 spiro atoms. The maximum absolute atomic E-state index is 6.32. The molecule has 3 nitrogen and oxygen atoms in total. The zero-order valence-corrected chi connectivity index (χ0v) is 14.6. The third kappa shape index (κ3) is 4.20. The van der Waals surface area contributed by atoms with Crippen LogP contribution in [0.5, 0.6) is 0 Å². The van der Waals surface area contributed by atoms with Crippen LogP contribution in [0.15, 0.2) is 0 Å². The average Bonchev–Trinajstić information content (AvgIpc) is 2.73. The van der Waals surface area contributed by atoms with Crippen molar-refractivity contribution in [1.82, 2.24) is 9.80 Å². The largest absolute Gasteiger partial charge is 0.329 e. The van der Waals surface area contributed by atoms with E-state index in [1.165, 1.54) is 71.1 Å². The van der Waals surface area contributed by atoms with E-state index in [-0.39, 0.29) is 0 Å². The third-order valence-corrected chi connectivity index (χ3v) is 5.75. The van der Waals surface area contributed by atoms with Crippen LogP contribution in [0.4, 0.5) is 0 Å². The van der Waals surface area contributed by atoms with E-state index in [0.717, 1.165) is 18.5 Å². The van der Waals surface area contributed by atoms with Gasteiger partial charge in [-0.3, -0.25) is 4.90 Å². The first-order valence-corrected chi connectivity index (χ1v) is 9.30. The van der Waals surface area contributed by atoms with Gasteiger partial charge in [-0.15, -0.1) is 0 Å². The summed E-state index contributed by atoms with van der Waals surface area (Å²) in [6.07, 6.45) is 9.40. The van der Waals surface area contributed by atoms with Crippen LogP contribution < -0.4 is 5.73 Å². The Morgan fingerprint density at radius 1 is 1.10 bits per heavy atom. The molecule has 2 heterocycles. The van der Waals surface area contributed by atoms with Gasteiger partial charge >= 0.3 is 0 Å². The van der Waals surface area contributed by atoms with Gasteiger partial charge < -0.3 is 10.6 Å². The minimum absolute atomic E-state index is 0.290. The minimum Gasteiger partial charge on any atom is -0.329 e. The van der Waals surface area contributed by atoms with E-state index < -0.39 is 0 Å². The van der Waals surface area contributed by atoms with Crippen LogP contribution >= 0.6 is 0 Å². The van der Waals surface area contributed by atoms with Crippen molar-refractivity contribution in [2.45, 2.75) is 77.3 Å². The molecule has 0 amide bonds. The van der Waals surface area contributed by atoms with E-state index in [4.69, 9.17) is 5.73 Å². The Balaban J connectivity index is 2.03. The summed E-state index contributed by atoms with van der Waals surface area (Å²) in [5.74, 6) is 0.775. The van der Waals surface area contributed by atoms with Crippen molar-refractivity contribution < 1.29 is 0 Å². The van der Waals surface area contributed by atoms with Crippen molar-refractivity contribution in [3.8, 4) is 0 Å². The molecule has 2 rings (SSSR count). The van der Waals surface area contributed by atoms with E-state index >= 15 is 0 Å². The Kier molecular flexibility index (Phi) is 6.51. The standard InChI is InChI=1S/C18H37N3/c1-4-17-8-6-5-7-11-21(17)18(15-19)9-12-20(13-10-18)14-16(2)3/h16-17H,4-15,19H2,1-3H3. The van der Waals surface area contributed by atoms with E-state index in [1.807, 2.05) is 0 Å². The van der Waals surface area contributed by atoms with Gasteiger partial charge in [0.1, 0.15) is 0 Å². The number of piperidine rings is 1. The lowest BCUT2D eigenvalue weighted by Crippen LogP contribution is -2.62. The highest BCUT2D eigenvalue weighted by atomic mass is 15.3. The predicted octanol–water partition coefficient (Wildman–Crippen LogP) is 3.09. The molecule has 3 heteroatoms. The fraction of sp³-hybridized carbons (Fsp3) is 1.00. The van der Waals surface area contributed by atoms with Crippen LogP contribution in [0, 0.1) is 5.92 Å². The van der Waals surface area contributed by atoms with Crippen LogP contribution in [0.1, 0.15) is 65.7 Å². The molecular weight excluding hydrogens is 258 g/mol. The van der Waals surface area contributed by atoms with Crippen molar-refractivity contribution in [3.63, 3.8) is 0 Å². The summed E-state index contributed by atoms with van der Waals surface area (Å²) < 4.78 is 0. The Morgan fingerprint density at radius 3 is 2.38 bits per heavy atom. The predicted molar refractivity (Wildman–Crippen MR) is 91.6 cm³/mol. The number of hydrogen-bond acceptors (Lipinski definition) is 3. The second-order valence-corrected chi connectivity index (χ2v) is 7.73. The lowest BCUT2D eigenvalue weighted by Gasteiger charge is -2.51. The number of hydrogen-bond donors (Lipinski definition) is 1. The molecule has 0 radical (unpaired) electrons. The normalized spacial score (nSPS) is 28.7. The molecule has 0 aromatic heterocycles. The average molecular weight is 296 g/mol. The molecule has 2 fully saturated rings. The molecule has 21 heavy (non-hydrogen) atoms. The molecule has 0 aromatic rings. The highest BCUT2D eigenvalue weighted by Gasteiger charge is 2.41. The Hall–Kier alpha value is -0.120. The lowest BCUT2D eigenvalue weighted by molar-refractivity contribution is -0.00520. The van der Waals surface area contributed by atoms with Gasteiger partial charge in [0.2, 0.25) is 0 Å². The van der Waals surface area contributed by atoms with Crippen LogP contribution in [-0.2, 0) is 0 Å². The second kappa shape index (κ2) is 7.94. The summed E-state index contributed by atoms with van der Waals surface area (Å²) in [5, 5.41) is 0. The molecule has 2 aliphatic rings. The monoisotopic (exact) mass is 295 g/mol. The highest BCUT2D eigenvalue weighted by Crippen LogP contribution is 2.34. The number of rotatable bonds is 5. The molecular formula is C18H37N3. The fourth-order valence-corrected chi connectivity index (χ4v) is 4.50. The molecule has 0 aliphatic carbocycles. The van der Waals surface area contributed by atoms with Gasteiger partial charge in [0.05, 0.1) is 0 Å². The van der Waals surface area contributed by atoms with Crippen LogP contribution in [-0.4, -0.2) is 54.1 Å². The summed E-state index contributed by atoms with van der Waals surface area (Å²) in [6, 6.07) is 0.771. The molecule has 0 bridgehead atoms. The van der Waals surface area contributed by atoms with Crippen molar-refractivity contribution in [1.29, 1.82) is 0 Å². The summed E-state index contributed by atoms with van der Waals surface area (Å²) in [6.45, 7) is 12.9. The molecule has 0 aromatic carbocycles. The Bertz CT molecular complexity index is 295. The van der Waals surface area contributed by atoms with E-state index in [2.05, 4.69) is 30.6 Å². The maximum atomic E-state index is 6.32. The van der Waals surface area contributed by atoms with Crippen molar-refractivity contribution in [3.05, 3.63) is 0 Å². The maximum Gasteiger partial charge on any atom is 0.0358 e. The molecule has 1 atom stereocenters. The first-order chi connectivity index (χ1) is 10.1. The smallest absolute Gasteiger partial charge is 0.0358 e. The number of nitrogens with two attached hydrogens (primary N) is 1. The molecule has 2 N–H and O–H groups in total. The van der Waals surface area contributed by atoms with Crippen LogP contribution in [0.2, 0.25) is 0 Å². The van der Waals surface area contributed by atoms with Crippen molar-refractivity contribution in [2.24, 2.45) is 11.7 Å².